The minimum Gasteiger partial charge on any atom is -0.487 e. The smallest absolute Gasteiger partial charge is 0.330 e. The Bertz CT molecular complexity index is 511. The van der Waals surface area contributed by atoms with Crippen molar-refractivity contribution in [3.8, 4) is 5.75 Å². The molecular formula is C15H18O4. The fourth-order valence-corrected chi connectivity index (χ4v) is 2.00. The second-order valence-corrected chi connectivity index (χ2v) is 5.19. The highest BCUT2D eigenvalue weighted by Crippen LogP contribution is 2.33. The monoisotopic (exact) mass is 262 g/mol. The van der Waals surface area contributed by atoms with Gasteiger partial charge in [-0.1, -0.05) is 6.07 Å². The van der Waals surface area contributed by atoms with Crippen LogP contribution in [0.1, 0.15) is 25.0 Å². The number of ether oxygens (including phenoxy) is 2. The first-order valence-corrected chi connectivity index (χ1v) is 6.18. The Kier molecular flexibility index (Phi) is 3.62. The lowest BCUT2D eigenvalue weighted by Gasteiger charge is -2.24. The van der Waals surface area contributed by atoms with Crippen molar-refractivity contribution in [2.24, 2.45) is 0 Å². The summed E-state index contributed by atoms with van der Waals surface area (Å²) in [6.07, 6.45) is 3.51. The molecule has 4 nitrogen and oxygen atoms in total. The molecular weight excluding hydrogens is 244 g/mol. The van der Waals surface area contributed by atoms with Crippen LogP contribution >= 0.6 is 0 Å². The van der Waals surface area contributed by atoms with Crippen LogP contribution in [0.3, 0.4) is 0 Å². The van der Waals surface area contributed by atoms with Gasteiger partial charge in [0.05, 0.1) is 12.7 Å². The Morgan fingerprint density at radius 3 is 2.89 bits per heavy atom. The Morgan fingerprint density at radius 1 is 1.53 bits per heavy atom. The van der Waals surface area contributed by atoms with Crippen molar-refractivity contribution in [3.63, 3.8) is 0 Å². The van der Waals surface area contributed by atoms with Gasteiger partial charge >= 0.3 is 5.97 Å². The van der Waals surface area contributed by atoms with E-state index in [2.05, 4.69) is 4.74 Å². The van der Waals surface area contributed by atoms with Gasteiger partial charge in [0, 0.05) is 12.5 Å². The van der Waals surface area contributed by atoms with Gasteiger partial charge in [-0.05, 0) is 43.2 Å². The fraction of sp³-hybridized carbons (Fsp3) is 0.400. The summed E-state index contributed by atoms with van der Waals surface area (Å²) in [4.78, 5) is 11.0. The third-order valence-electron chi connectivity index (χ3n) is 3.16. The Labute approximate surface area is 112 Å². The van der Waals surface area contributed by atoms with Crippen LogP contribution in [0.15, 0.2) is 24.3 Å². The van der Waals surface area contributed by atoms with E-state index in [1.807, 2.05) is 18.2 Å². The molecule has 2 rings (SSSR count). The molecule has 0 aromatic heterocycles. The van der Waals surface area contributed by atoms with Gasteiger partial charge in [0.25, 0.3) is 0 Å². The van der Waals surface area contributed by atoms with E-state index < -0.39 is 5.60 Å². The number of fused-ring (bicyclic) bond motifs is 1. The molecule has 0 saturated heterocycles. The number of methoxy groups -OCH3 is 1. The van der Waals surface area contributed by atoms with E-state index in [4.69, 9.17) is 4.74 Å². The van der Waals surface area contributed by atoms with Crippen molar-refractivity contribution in [2.45, 2.75) is 32.0 Å². The topological polar surface area (TPSA) is 55.8 Å². The molecule has 1 aliphatic heterocycles. The molecule has 0 aliphatic carbocycles. The maximum atomic E-state index is 11.0. The number of hydrogen-bond donors (Lipinski definition) is 1. The number of benzene rings is 1. The number of hydrogen-bond acceptors (Lipinski definition) is 4. The van der Waals surface area contributed by atoms with E-state index in [1.54, 1.807) is 19.9 Å². The van der Waals surface area contributed by atoms with E-state index in [0.29, 0.717) is 6.42 Å². The van der Waals surface area contributed by atoms with Crippen LogP contribution in [-0.4, -0.2) is 29.9 Å². The maximum Gasteiger partial charge on any atom is 0.330 e. The summed E-state index contributed by atoms with van der Waals surface area (Å²) in [6.45, 7) is 3.48. The Balaban J connectivity index is 2.15. The van der Waals surface area contributed by atoms with Crippen molar-refractivity contribution < 1.29 is 19.4 Å². The zero-order chi connectivity index (χ0) is 14.0. The molecule has 102 valence electrons. The normalized spacial score (nSPS) is 18.2. The van der Waals surface area contributed by atoms with Crippen LogP contribution in [0.2, 0.25) is 0 Å². The van der Waals surface area contributed by atoms with Crippen LogP contribution < -0.4 is 4.74 Å². The number of aliphatic hydroxyl groups is 1. The number of rotatable bonds is 3. The highest BCUT2D eigenvalue weighted by molar-refractivity contribution is 5.87. The molecule has 1 atom stereocenters. The average molecular weight is 262 g/mol. The number of carbonyl (C=O) groups is 1. The van der Waals surface area contributed by atoms with Crippen molar-refractivity contribution in [2.75, 3.05) is 7.11 Å². The zero-order valence-corrected chi connectivity index (χ0v) is 11.3. The summed E-state index contributed by atoms with van der Waals surface area (Å²) in [6, 6.07) is 5.68. The van der Waals surface area contributed by atoms with Crippen LogP contribution in [0, 0.1) is 0 Å². The van der Waals surface area contributed by atoms with Gasteiger partial charge in [-0.2, -0.15) is 0 Å². The first-order valence-electron chi connectivity index (χ1n) is 6.18. The van der Waals surface area contributed by atoms with E-state index >= 15 is 0 Å². The molecule has 0 bridgehead atoms. The van der Waals surface area contributed by atoms with Crippen LogP contribution in [0.5, 0.6) is 5.75 Å². The molecule has 1 unspecified atom stereocenters. The van der Waals surface area contributed by atoms with Crippen LogP contribution in [0.25, 0.3) is 6.08 Å². The van der Waals surface area contributed by atoms with Gasteiger partial charge in [0.2, 0.25) is 0 Å². The number of esters is 1. The largest absolute Gasteiger partial charge is 0.487 e. The van der Waals surface area contributed by atoms with Gasteiger partial charge in [0.15, 0.2) is 0 Å². The summed E-state index contributed by atoms with van der Waals surface area (Å²) in [5.74, 6) is 0.411. The summed E-state index contributed by atoms with van der Waals surface area (Å²) >= 11 is 0. The first-order chi connectivity index (χ1) is 8.90. The Morgan fingerprint density at radius 2 is 2.26 bits per heavy atom. The maximum absolute atomic E-state index is 11.0. The summed E-state index contributed by atoms with van der Waals surface area (Å²) < 4.78 is 10.3. The SMILES string of the molecule is COC(=O)C=Cc1ccc2c(c1)CC(C(C)(C)O)O2. The van der Waals surface area contributed by atoms with Gasteiger partial charge in [-0.25, -0.2) is 4.79 Å². The lowest BCUT2D eigenvalue weighted by atomic mass is 9.96. The molecule has 1 aromatic carbocycles. The molecule has 1 aromatic rings. The molecule has 1 heterocycles. The standard InChI is InChI=1S/C15H18O4/c1-15(2,17)13-9-11-8-10(4-6-12(11)19-13)5-7-14(16)18-3/h4-8,13,17H,9H2,1-3H3. The van der Waals surface area contributed by atoms with Crippen LogP contribution in [0.4, 0.5) is 0 Å². The second-order valence-electron chi connectivity index (χ2n) is 5.19. The van der Waals surface area contributed by atoms with Gasteiger partial charge in [-0.15, -0.1) is 0 Å². The third-order valence-corrected chi connectivity index (χ3v) is 3.16. The van der Waals surface area contributed by atoms with Crippen molar-refractivity contribution in [1.29, 1.82) is 0 Å². The zero-order valence-electron chi connectivity index (χ0n) is 11.3. The molecule has 19 heavy (non-hydrogen) atoms. The Hall–Kier alpha value is -1.81. The van der Waals surface area contributed by atoms with Crippen LogP contribution in [-0.2, 0) is 16.0 Å². The molecule has 0 saturated carbocycles. The molecule has 1 N–H and O–H groups in total. The minimum absolute atomic E-state index is 0.234. The van der Waals surface area contributed by atoms with E-state index in [0.717, 1.165) is 16.9 Å². The van der Waals surface area contributed by atoms with E-state index in [1.165, 1.54) is 13.2 Å². The van der Waals surface area contributed by atoms with Gasteiger partial charge in [-0.3, -0.25) is 0 Å². The minimum atomic E-state index is -0.874. The molecule has 4 heteroatoms. The number of carbonyl (C=O) groups excluding carboxylic acids is 1. The molecule has 0 amide bonds. The quantitative estimate of drug-likeness (QED) is 0.668. The van der Waals surface area contributed by atoms with Gasteiger partial charge in [0.1, 0.15) is 11.9 Å². The van der Waals surface area contributed by atoms with Crippen molar-refractivity contribution >= 4 is 12.0 Å². The van der Waals surface area contributed by atoms with E-state index in [9.17, 15) is 9.90 Å². The van der Waals surface area contributed by atoms with E-state index in [-0.39, 0.29) is 12.1 Å². The summed E-state index contributed by atoms with van der Waals surface area (Å²) in [5, 5.41) is 9.97. The lowest BCUT2D eigenvalue weighted by Crippen LogP contribution is -2.39. The molecule has 0 radical (unpaired) electrons. The molecule has 0 spiro atoms. The highest BCUT2D eigenvalue weighted by atomic mass is 16.5. The average Bonchev–Trinajstić information content (AvgIpc) is 2.78. The fourth-order valence-electron chi connectivity index (χ4n) is 2.00. The lowest BCUT2D eigenvalue weighted by molar-refractivity contribution is -0.134. The second kappa shape index (κ2) is 5.05. The summed E-state index contributed by atoms with van der Waals surface area (Å²) in [7, 11) is 1.34. The predicted octanol–water partition coefficient (Wildman–Crippen LogP) is 1.95. The van der Waals surface area contributed by atoms with Gasteiger partial charge < -0.3 is 14.6 Å². The summed E-state index contributed by atoms with van der Waals surface area (Å²) in [5.41, 5.74) is 1.07. The van der Waals surface area contributed by atoms with Crippen molar-refractivity contribution in [1.82, 2.24) is 0 Å². The van der Waals surface area contributed by atoms with Crippen molar-refractivity contribution in [3.05, 3.63) is 35.4 Å². The molecule has 0 fully saturated rings. The molecule has 1 aliphatic rings. The third kappa shape index (κ3) is 3.15. The first kappa shape index (κ1) is 13.6. The highest BCUT2D eigenvalue weighted by Gasteiger charge is 2.34. The predicted molar refractivity (Wildman–Crippen MR) is 71.9 cm³/mol.